The third kappa shape index (κ3) is 3.82. The minimum Gasteiger partial charge on any atom is -0.491 e. The van der Waals surface area contributed by atoms with E-state index in [0.717, 1.165) is 37.1 Å². The van der Waals surface area contributed by atoms with Crippen molar-refractivity contribution in [2.75, 3.05) is 5.32 Å². The van der Waals surface area contributed by atoms with Gasteiger partial charge >= 0.3 is 0 Å². The van der Waals surface area contributed by atoms with Crippen molar-refractivity contribution in [1.29, 1.82) is 0 Å². The van der Waals surface area contributed by atoms with Gasteiger partial charge in [-0.25, -0.2) is 9.97 Å². The summed E-state index contributed by atoms with van der Waals surface area (Å²) < 4.78 is 7.55. The van der Waals surface area contributed by atoms with Crippen LogP contribution in [0.1, 0.15) is 13.8 Å². The van der Waals surface area contributed by atoms with Gasteiger partial charge in [0, 0.05) is 20.0 Å². The fourth-order valence-electron chi connectivity index (χ4n) is 2.22. The first kappa shape index (κ1) is 16.2. The molecule has 2 aromatic carbocycles. The topological polar surface area (TPSA) is 47.0 Å². The van der Waals surface area contributed by atoms with E-state index in [1.807, 2.05) is 50.2 Å². The Kier molecular flexibility index (Phi) is 4.82. The Morgan fingerprint density at radius 2 is 1.78 bits per heavy atom. The van der Waals surface area contributed by atoms with Crippen LogP contribution in [-0.2, 0) is 0 Å². The van der Waals surface area contributed by atoms with Crippen LogP contribution in [0.3, 0.4) is 0 Å². The highest BCUT2D eigenvalue weighted by molar-refractivity contribution is 9.11. The lowest BCUT2D eigenvalue weighted by atomic mass is 10.2. The van der Waals surface area contributed by atoms with Gasteiger partial charge in [0.25, 0.3) is 0 Å². The standard InChI is InChI=1S/C17H15Br2N3O/c1-10(2)23-13-5-3-12(4-6-13)22-17-14-7-11(18)8-15(19)16(14)20-9-21-17/h3-10H,1-2H3,(H,20,21,22). The molecule has 0 saturated heterocycles. The van der Waals surface area contributed by atoms with Crippen LogP contribution in [0.4, 0.5) is 11.5 Å². The number of nitrogens with zero attached hydrogens (tertiary/aromatic N) is 2. The number of ether oxygens (including phenoxy) is 1. The molecule has 0 unspecified atom stereocenters. The molecule has 4 nitrogen and oxygen atoms in total. The molecule has 1 aromatic heterocycles. The molecule has 0 saturated carbocycles. The zero-order chi connectivity index (χ0) is 16.4. The lowest BCUT2D eigenvalue weighted by Gasteiger charge is -2.12. The van der Waals surface area contributed by atoms with Gasteiger partial charge in [0.15, 0.2) is 0 Å². The first-order chi connectivity index (χ1) is 11.0. The zero-order valence-corrected chi connectivity index (χ0v) is 15.8. The zero-order valence-electron chi connectivity index (χ0n) is 12.7. The minimum atomic E-state index is 0.161. The Morgan fingerprint density at radius 1 is 1.04 bits per heavy atom. The molecule has 0 bridgehead atoms. The van der Waals surface area contributed by atoms with Gasteiger partial charge in [-0.3, -0.25) is 0 Å². The van der Waals surface area contributed by atoms with Crippen LogP contribution < -0.4 is 10.1 Å². The van der Waals surface area contributed by atoms with Crippen molar-refractivity contribution in [1.82, 2.24) is 9.97 Å². The van der Waals surface area contributed by atoms with Crippen LogP contribution >= 0.6 is 31.9 Å². The summed E-state index contributed by atoms with van der Waals surface area (Å²) >= 11 is 7.04. The van der Waals surface area contributed by atoms with E-state index in [2.05, 4.69) is 47.1 Å². The predicted octanol–water partition coefficient (Wildman–Crippen LogP) is 5.69. The molecule has 3 aromatic rings. The van der Waals surface area contributed by atoms with E-state index in [9.17, 15) is 0 Å². The number of anilines is 2. The largest absolute Gasteiger partial charge is 0.491 e. The molecule has 0 aliphatic rings. The quantitative estimate of drug-likeness (QED) is 0.570. The SMILES string of the molecule is CC(C)Oc1ccc(Nc2ncnc3c(Br)cc(Br)cc23)cc1. The Balaban J connectivity index is 1.92. The lowest BCUT2D eigenvalue weighted by molar-refractivity contribution is 0.242. The van der Waals surface area contributed by atoms with Crippen LogP contribution in [0.25, 0.3) is 10.9 Å². The molecule has 1 heterocycles. The number of fused-ring (bicyclic) bond motifs is 1. The molecule has 0 atom stereocenters. The lowest BCUT2D eigenvalue weighted by Crippen LogP contribution is -2.05. The van der Waals surface area contributed by atoms with Crippen molar-refractivity contribution < 1.29 is 4.74 Å². The summed E-state index contributed by atoms with van der Waals surface area (Å²) in [7, 11) is 0. The van der Waals surface area contributed by atoms with Crippen molar-refractivity contribution in [3.05, 3.63) is 51.7 Å². The monoisotopic (exact) mass is 435 g/mol. The molecule has 6 heteroatoms. The number of halogens is 2. The summed E-state index contributed by atoms with van der Waals surface area (Å²) in [5.41, 5.74) is 1.81. The van der Waals surface area contributed by atoms with Crippen LogP contribution in [0.2, 0.25) is 0 Å². The number of hydrogen-bond acceptors (Lipinski definition) is 4. The Morgan fingerprint density at radius 3 is 2.48 bits per heavy atom. The predicted molar refractivity (Wildman–Crippen MR) is 100 cm³/mol. The molecule has 0 spiro atoms. The van der Waals surface area contributed by atoms with E-state index in [-0.39, 0.29) is 6.10 Å². The van der Waals surface area contributed by atoms with E-state index in [1.54, 1.807) is 6.33 Å². The second-order valence-electron chi connectivity index (χ2n) is 5.32. The van der Waals surface area contributed by atoms with E-state index < -0.39 is 0 Å². The van der Waals surface area contributed by atoms with Gasteiger partial charge in [-0.05, 0) is 66.2 Å². The van der Waals surface area contributed by atoms with E-state index in [4.69, 9.17) is 4.74 Å². The van der Waals surface area contributed by atoms with E-state index >= 15 is 0 Å². The molecule has 0 radical (unpaired) electrons. The van der Waals surface area contributed by atoms with Crippen molar-refractivity contribution in [2.24, 2.45) is 0 Å². The maximum Gasteiger partial charge on any atom is 0.141 e. The molecule has 23 heavy (non-hydrogen) atoms. The number of rotatable bonds is 4. The normalized spacial score (nSPS) is 11.0. The average Bonchev–Trinajstić information content (AvgIpc) is 2.49. The number of nitrogens with one attached hydrogen (secondary N) is 1. The highest BCUT2D eigenvalue weighted by Gasteiger charge is 2.08. The molecule has 118 valence electrons. The highest BCUT2D eigenvalue weighted by atomic mass is 79.9. The van der Waals surface area contributed by atoms with Gasteiger partial charge in [-0.1, -0.05) is 15.9 Å². The molecular weight excluding hydrogens is 422 g/mol. The Hall–Kier alpha value is -1.66. The summed E-state index contributed by atoms with van der Waals surface area (Å²) in [6.45, 7) is 4.02. The van der Waals surface area contributed by atoms with Crippen LogP contribution in [0.15, 0.2) is 51.7 Å². The van der Waals surface area contributed by atoms with Crippen molar-refractivity contribution in [3.63, 3.8) is 0 Å². The number of benzene rings is 2. The first-order valence-electron chi connectivity index (χ1n) is 7.16. The number of aromatic nitrogens is 2. The van der Waals surface area contributed by atoms with E-state index in [0.29, 0.717) is 0 Å². The van der Waals surface area contributed by atoms with Gasteiger partial charge in [0.05, 0.1) is 11.6 Å². The van der Waals surface area contributed by atoms with Gasteiger partial charge in [0.1, 0.15) is 17.9 Å². The van der Waals surface area contributed by atoms with Crippen molar-refractivity contribution in [3.8, 4) is 5.75 Å². The minimum absolute atomic E-state index is 0.161. The van der Waals surface area contributed by atoms with Crippen LogP contribution in [0, 0.1) is 0 Å². The average molecular weight is 437 g/mol. The summed E-state index contributed by atoms with van der Waals surface area (Å²) in [6, 6.07) is 11.8. The second-order valence-corrected chi connectivity index (χ2v) is 7.09. The third-order valence-corrected chi connectivity index (χ3v) is 4.21. The second kappa shape index (κ2) is 6.84. The van der Waals surface area contributed by atoms with Crippen molar-refractivity contribution >= 4 is 54.3 Å². The maximum absolute atomic E-state index is 5.66. The summed E-state index contributed by atoms with van der Waals surface area (Å²) in [4.78, 5) is 8.69. The summed E-state index contributed by atoms with van der Waals surface area (Å²) in [6.07, 6.45) is 1.72. The summed E-state index contributed by atoms with van der Waals surface area (Å²) in [5.74, 6) is 1.61. The molecule has 0 aliphatic heterocycles. The Bertz CT molecular complexity index is 835. The highest BCUT2D eigenvalue weighted by Crippen LogP contribution is 2.31. The molecule has 3 rings (SSSR count). The molecular formula is C17H15Br2N3O. The first-order valence-corrected chi connectivity index (χ1v) is 8.75. The van der Waals surface area contributed by atoms with Gasteiger partial charge in [-0.15, -0.1) is 0 Å². The smallest absolute Gasteiger partial charge is 0.141 e. The van der Waals surface area contributed by atoms with Crippen LogP contribution in [0.5, 0.6) is 5.75 Å². The van der Waals surface area contributed by atoms with E-state index in [1.165, 1.54) is 0 Å². The third-order valence-electron chi connectivity index (χ3n) is 3.15. The summed E-state index contributed by atoms with van der Waals surface area (Å²) in [5, 5.41) is 4.27. The Labute approximate surface area is 151 Å². The van der Waals surface area contributed by atoms with Gasteiger partial charge in [-0.2, -0.15) is 0 Å². The van der Waals surface area contributed by atoms with Gasteiger partial charge < -0.3 is 10.1 Å². The molecule has 1 N–H and O–H groups in total. The van der Waals surface area contributed by atoms with Crippen LogP contribution in [-0.4, -0.2) is 16.1 Å². The molecule has 0 fully saturated rings. The molecule has 0 amide bonds. The fraction of sp³-hybridized carbons (Fsp3) is 0.176. The van der Waals surface area contributed by atoms with Crippen molar-refractivity contribution in [2.45, 2.75) is 20.0 Å². The molecule has 0 aliphatic carbocycles. The van der Waals surface area contributed by atoms with Gasteiger partial charge in [0.2, 0.25) is 0 Å². The number of hydrogen-bond donors (Lipinski definition) is 1. The fourth-order valence-corrected chi connectivity index (χ4v) is 3.54. The maximum atomic E-state index is 5.66.